The molecule has 3 atom stereocenters. The molecule has 8 N–H and O–H groups in total. The van der Waals surface area contributed by atoms with E-state index in [2.05, 4.69) is 26.3 Å². The van der Waals surface area contributed by atoms with Crippen LogP contribution in [-0.4, -0.2) is 96.7 Å². The van der Waals surface area contributed by atoms with Crippen molar-refractivity contribution in [3.63, 3.8) is 0 Å². The van der Waals surface area contributed by atoms with E-state index in [1.54, 1.807) is 0 Å². The minimum atomic E-state index is -1.29. The van der Waals surface area contributed by atoms with Crippen molar-refractivity contribution in [2.75, 3.05) is 30.5 Å². The lowest BCUT2D eigenvalue weighted by atomic mass is 9.89. The van der Waals surface area contributed by atoms with E-state index in [0.717, 1.165) is 23.5 Å². The summed E-state index contributed by atoms with van der Waals surface area (Å²) < 4.78 is 0. The van der Waals surface area contributed by atoms with Gasteiger partial charge in [0.15, 0.2) is 28.9 Å². The van der Waals surface area contributed by atoms with Crippen molar-refractivity contribution in [3.8, 4) is 11.5 Å². The van der Waals surface area contributed by atoms with E-state index in [9.17, 15) is 39.3 Å². The average molecular weight is 628 g/mol. The second-order valence-corrected chi connectivity index (χ2v) is 11.1. The third kappa shape index (κ3) is 6.23. The zero-order valence-corrected chi connectivity index (χ0v) is 23.1. The van der Waals surface area contributed by atoms with Gasteiger partial charge in [-0.3, -0.25) is 34.8 Å². The molecule has 2 fully saturated rings. The van der Waals surface area contributed by atoms with Gasteiger partial charge in [0.05, 0.1) is 0 Å². The fourth-order valence-corrected chi connectivity index (χ4v) is 6.26. The molecule has 2 unspecified atom stereocenters. The maximum absolute atomic E-state index is 13.1. The summed E-state index contributed by atoms with van der Waals surface area (Å²) in [6.45, 7) is -0.844. The van der Waals surface area contributed by atoms with Gasteiger partial charge in [-0.2, -0.15) is 0 Å². The minimum absolute atomic E-state index is 0.0119. The van der Waals surface area contributed by atoms with Crippen molar-refractivity contribution >= 4 is 75.1 Å². The van der Waals surface area contributed by atoms with Crippen molar-refractivity contribution in [1.29, 1.82) is 0 Å². The van der Waals surface area contributed by atoms with Gasteiger partial charge < -0.3 is 36.1 Å². The van der Waals surface area contributed by atoms with Gasteiger partial charge in [0.1, 0.15) is 22.5 Å². The number of phenols is 2. The minimum Gasteiger partial charge on any atom is -0.504 e. The number of halogens is 1. The fraction of sp³-hybridized carbons (Fsp3) is 0.318. The van der Waals surface area contributed by atoms with Crippen LogP contribution in [0.25, 0.3) is 0 Å². The lowest BCUT2D eigenvalue weighted by molar-refractivity contribution is -0.157. The normalized spacial score (nSPS) is 21.7. The van der Waals surface area contributed by atoms with Crippen LogP contribution in [0.2, 0.25) is 0 Å². The number of nitrogens with two attached hydrogens (primary N) is 1. The first-order valence-corrected chi connectivity index (χ1v) is 14.0. The summed E-state index contributed by atoms with van der Waals surface area (Å²) >= 11 is 8.06. The van der Waals surface area contributed by atoms with Crippen molar-refractivity contribution < 1.29 is 44.1 Å². The van der Waals surface area contributed by atoms with Gasteiger partial charge in [-0.05, 0) is 18.2 Å². The highest BCUT2D eigenvalue weighted by Crippen LogP contribution is 2.42. The first-order chi connectivity index (χ1) is 19.5. The van der Waals surface area contributed by atoms with E-state index < -0.39 is 64.5 Å². The number of carbonyl (C=O) groups is 5. The molecule has 4 rings (SSSR count). The molecular formula is C22H22ClN7O9S2. The van der Waals surface area contributed by atoms with Crippen molar-refractivity contribution in [2.45, 2.75) is 11.4 Å². The maximum atomic E-state index is 13.1. The molecule has 2 aliphatic rings. The number of nitrogens with zero attached hydrogens (tertiary/aromatic N) is 3. The number of benzene rings is 1. The van der Waals surface area contributed by atoms with Crippen LogP contribution in [0.4, 0.5) is 5.13 Å². The number of thiazole rings is 1. The number of carboxylic acid groups (broad SMARTS) is 1. The lowest BCUT2D eigenvalue weighted by Gasteiger charge is -2.53. The number of nitrogens with one attached hydrogen (secondary N) is 3. The number of aromatic nitrogens is 1. The zero-order valence-electron chi connectivity index (χ0n) is 20.7. The molecule has 41 heavy (non-hydrogen) atoms. The predicted octanol–water partition coefficient (Wildman–Crippen LogP) is -0.972. The van der Waals surface area contributed by atoms with Crippen LogP contribution in [0.3, 0.4) is 0 Å². The number of hydrazine groups is 1. The first-order valence-electron chi connectivity index (χ1n) is 11.5. The molecule has 0 saturated carbocycles. The van der Waals surface area contributed by atoms with Crippen LogP contribution in [-0.2, 0) is 24.0 Å². The Bertz CT molecular complexity index is 1440. The summed E-state index contributed by atoms with van der Waals surface area (Å²) in [6, 6.07) is 2.31. The predicted molar refractivity (Wildman–Crippen MR) is 145 cm³/mol. The number of nitrogen functional groups attached to an aromatic ring is 1. The number of aliphatic carboxylic acids is 1. The molecule has 16 nitrogen and oxygen atoms in total. The van der Waals surface area contributed by atoms with Crippen LogP contribution in [0, 0.1) is 5.41 Å². The van der Waals surface area contributed by atoms with Gasteiger partial charge in [0.2, 0.25) is 5.91 Å². The highest BCUT2D eigenvalue weighted by Gasteiger charge is 2.57. The number of aromatic hydroxyl groups is 2. The number of thioether (sulfide) groups is 1. The summed E-state index contributed by atoms with van der Waals surface area (Å²) in [7, 11) is 0. The summed E-state index contributed by atoms with van der Waals surface area (Å²) in [5.74, 6) is -5.15. The molecule has 19 heteroatoms. The standard InChI is InChI=1S/C22H22ClN7O9S2/c23-6-22(20(37)38)7-30-18(36)15(19(30)41-8-22)26-17(35)14(10-5-40-21(24)25-10)29-39-4-13(33)27-28-16(34)9-1-2-11(31)12(32)3-9/h1-3,5,15,19,31-32H,4,6-8H2,(H2,24,25)(H,26,35)(H,27,33)(H,28,34)(H,37,38)/t15?,19-,22?/m1/s1. The number of phenolic OH excluding ortho intramolecular Hbond substituents is 2. The molecule has 0 spiro atoms. The van der Waals surface area contributed by atoms with E-state index in [-0.39, 0.29) is 40.3 Å². The molecule has 2 saturated heterocycles. The second kappa shape index (κ2) is 12.1. The Morgan fingerprint density at radius 2 is 2.00 bits per heavy atom. The Labute approximate surface area is 243 Å². The molecule has 2 aliphatic heterocycles. The molecule has 4 amide bonds. The maximum Gasteiger partial charge on any atom is 0.313 e. The second-order valence-electron chi connectivity index (χ2n) is 8.83. The Balaban J connectivity index is 1.36. The Hall–Kier alpha value is -4.29. The van der Waals surface area contributed by atoms with E-state index in [1.165, 1.54) is 28.1 Å². The third-order valence-corrected chi connectivity index (χ3v) is 8.80. The molecule has 2 aromatic rings. The monoisotopic (exact) mass is 627 g/mol. The topological polar surface area (TPSA) is 246 Å². The zero-order chi connectivity index (χ0) is 29.9. The number of fused-ring (bicyclic) bond motifs is 1. The molecule has 218 valence electrons. The number of amides is 4. The van der Waals surface area contributed by atoms with E-state index in [1.807, 2.05) is 0 Å². The molecular weight excluding hydrogens is 606 g/mol. The quantitative estimate of drug-likeness (QED) is 0.0583. The van der Waals surface area contributed by atoms with Gasteiger partial charge in [-0.25, -0.2) is 4.98 Å². The van der Waals surface area contributed by atoms with Crippen LogP contribution in [0.1, 0.15) is 16.1 Å². The molecule has 0 bridgehead atoms. The molecule has 0 aliphatic carbocycles. The number of alkyl halides is 1. The van der Waals surface area contributed by atoms with Crippen LogP contribution in [0.5, 0.6) is 11.5 Å². The van der Waals surface area contributed by atoms with Crippen molar-refractivity contribution in [3.05, 3.63) is 34.8 Å². The number of carboxylic acids is 1. The lowest BCUT2D eigenvalue weighted by Crippen LogP contribution is -2.74. The van der Waals surface area contributed by atoms with Crippen molar-refractivity contribution in [2.24, 2.45) is 10.6 Å². The molecule has 0 radical (unpaired) electrons. The Kier molecular flexibility index (Phi) is 8.74. The number of rotatable bonds is 9. The third-order valence-electron chi connectivity index (χ3n) is 6.03. The van der Waals surface area contributed by atoms with Crippen LogP contribution in [0.15, 0.2) is 28.7 Å². The van der Waals surface area contributed by atoms with Gasteiger partial charge in [0.25, 0.3) is 17.7 Å². The summed E-state index contributed by atoms with van der Waals surface area (Å²) in [6.07, 6.45) is 0. The largest absolute Gasteiger partial charge is 0.504 e. The average Bonchev–Trinajstić information content (AvgIpc) is 3.38. The summed E-state index contributed by atoms with van der Waals surface area (Å²) in [4.78, 5) is 72.0. The van der Waals surface area contributed by atoms with Crippen LogP contribution < -0.4 is 21.9 Å². The van der Waals surface area contributed by atoms with Gasteiger partial charge >= 0.3 is 5.97 Å². The highest BCUT2D eigenvalue weighted by atomic mass is 35.5. The number of hydrogen-bond donors (Lipinski definition) is 7. The molecule has 1 aromatic heterocycles. The first kappa shape index (κ1) is 29.7. The number of β-lactam (4-membered cyclic amide) rings is 1. The van der Waals surface area contributed by atoms with Gasteiger partial charge in [0, 0.05) is 29.1 Å². The molecule has 3 heterocycles. The van der Waals surface area contributed by atoms with Gasteiger partial charge in [-0.1, -0.05) is 5.16 Å². The number of anilines is 1. The van der Waals surface area contributed by atoms with E-state index in [0.29, 0.717) is 0 Å². The highest BCUT2D eigenvalue weighted by molar-refractivity contribution is 8.00. The number of carbonyl (C=O) groups excluding carboxylic acids is 4. The SMILES string of the molecule is Nc1nc(C(=NOCC(=O)NNC(=O)c2ccc(O)c(O)c2)C(=O)NC2C(=O)N3CC(CCl)(C(=O)O)CS[C@H]23)cs1. The van der Waals surface area contributed by atoms with Gasteiger partial charge in [-0.15, -0.1) is 34.7 Å². The molecule has 1 aromatic carbocycles. The van der Waals surface area contributed by atoms with Crippen molar-refractivity contribution in [1.82, 2.24) is 26.1 Å². The Morgan fingerprint density at radius 1 is 1.24 bits per heavy atom. The fourth-order valence-electron chi connectivity index (χ4n) is 3.76. The summed E-state index contributed by atoms with van der Waals surface area (Å²) in [5, 5.41) is 35.6. The Morgan fingerprint density at radius 3 is 2.63 bits per heavy atom. The van der Waals surface area contributed by atoms with Crippen LogP contribution >= 0.6 is 34.7 Å². The number of oxime groups is 1. The van der Waals surface area contributed by atoms with E-state index in [4.69, 9.17) is 22.2 Å². The summed E-state index contributed by atoms with van der Waals surface area (Å²) in [5.41, 5.74) is 8.06. The van der Waals surface area contributed by atoms with E-state index >= 15 is 0 Å². The smallest absolute Gasteiger partial charge is 0.313 e. The number of hydrogen-bond acceptors (Lipinski definition) is 13.